The van der Waals surface area contributed by atoms with Crippen LogP contribution in [0.2, 0.25) is 5.02 Å². The highest BCUT2D eigenvalue weighted by Gasteiger charge is 2.18. The summed E-state index contributed by atoms with van der Waals surface area (Å²) in [6.07, 6.45) is 0. The number of primary amides is 1. The van der Waals surface area contributed by atoms with Gasteiger partial charge in [0.2, 0.25) is 5.91 Å². The first-order chi connectivity index (χ1) is 9.81. The lowest BCUT2D eigenvalue weighted by molar-refractivity contribution is 0.100. The van der Waals surface area contributed by atoms with Gasteiger partial charge in [-0.1, -0.05) is 29.8 Å². The Kier molecular flexibility index (Phi) is 4.20. The van der Waals surface area contributed by atoms with Gasteiger partial charge in [0.05, 0.1) is 15.6 Å². The standard InChI is InChI=1S/C14H13ClN2O3S/c1-9-4-2-3-5-13(9)21(19,20)17-12-8-10(14(16)18)6-7-11(12)15/h2-8,17H,1H3,(H2,16,18). The van der Waals surface area contributed by atoms with Gasteiger partial charge in [-0.25, -0.2) is 8.42 Å². The molecule has 0 saturated heterocycles. The lowest BCUT2D eigenvalue weighted by Crippen LogP contribution is -2.16. The maximum atomic E-state index is 12.4. The molecule has 0 aromatic heterocycles. The Hall–Kier alpha value is -2.05. The van der Waals surface area contributed by atoms with Crippen LogP contribution in [0.5, 0.6) is 0 Å². The van der Waals surface area contributed by atoms with Crippen molar-refractivity contribution in [2.75, 3.05) is 4.72 Å². The predicted octanol–water partition coefficient (Wildman–Crippen LogP) is 2.55. The van der Waals surface area contributed by atoms with E-state index in [0.717, 1.165) is 0 Å². The van der Waals surface area contributed by atoms with E-state index in [1.807, 2.05) is 0 Å². The smallest absolute Gasteiger partial charge is 0.262 e. The molecule has 0 bridgehead atoms. The van der Waals surface area contributed by atoms with Crippen LogP contribution < -0.4 is 10.5 Å². The Bertz CT molecular complexity index is 804. The number of carbonyl (C=O) groups excluding carboxylic acids is 1. The molecule has 0 radical (unpaired) electrons. The predicted molar refractivity (Wildman–Crippen MR) is 82.0 cm³/mol. The van der Waals surface area contributed by atoms with Crippen LogP contribution in [-0.4, -0.2) is 14.3 Å². The topological polar surface area (TPSA) is 89.3 Å². The Morgan fingerprint density at radius 3 is 2.48 bits per heavy atom. The fraction of sp³-hybridized carbons (Fsp3) is 0.0714. The average Bonchev–Trinajstić information content (AvgIpc) is 2.41. The van der Waals surface area contributed by atoms with Crippen molar-refractivity contribution in [3.8, 4) is 0 Å². The van der Waals surface area contributed by atoms with Crippen molar-refractivity contribution in [3.63, 3.8) is 0 Å². The molecule has 0 fully saturated rings. The molecule has 0 aliphatic carbocycles. The number of hydrogen-bond donors (Lipinski definition) is 2. The third-order valence-electron chi connectivity index (χ3n) is 2.88. The minimum absolute atomic E-state index is 0.108. The lowest BCUT2D eigenvalue weighted by Gasteiger charge is -2.12. The molecule has 110 valence electrons. The van der Waals surface area contributed by atoms with Crippen molar-refractivity contribution < 1.29 is 13.2 Å². The molecule has 7 heteroatoms. The van der Waals surface area contributed by atoms with Crippen LogP contribution in [0.1, 0.15) is 15.9 Å². The van der Waals surface area contributed by atoms with Crippen molar-refractivity contribution >= 4 is 33.2 Å². The average molecular weight is 325 g/mol. The molecule has 0 saturated carbocycles. The van der Waals surface area contributed by atoms with Crippen molar-refractivity contribution in [2.45, 2.75) is 11.8 Å². The molecular formula is C14H13ClN2O3S. The minimum atomic E-state index is -3.80. The largest absolute Gasteiger partial charge is 0.366 e. The monoisotopic (exact) mass is 324 g/mol. The van der Waals surface area contributed by atoms with Gasteiger partial charge in [0.1, 0.15) is 0 Å². The lowest BCUT2D eigenvalue weighted by atomic mass is 10.2. The van der Waals surface area contributed by atoms with Gasteiger partial charge in [-0.15, -0.1) is 0 Å². The first kappa shape index (κ1) is 15.3. The van der Waals surface area contributed by atoms with E-state index < -0.39 is 15.9 Å². The van der Waals surface area contributed by atoms with E-state index in [9.17, 15) is 13.2 Å². The zero-order valence-electron chi connectivity index (χ0n) is 11.1. The van der Waals surface area contributed by atoms with Crippen molar-refractivity contribution in [1.82, 2.24) is 0 Å². The number of rotatable bonds is 4. The van der Waals surface area contributed by atoms with Gasteiger partial charge < -0.3 is 5.73 Å². The summed E-state index contributed by atoms with van der Waals surface area (Å²) < 4.78 is 27.1. The normalized spacial score (nSPS) is 11.1. The molecule has 21 heavy (non-hydrogen) atoms. The summed E-state index contributed by atoms with van der Waals surface area (Å²) in [6, 6.07) is 10.7. The van der Waals surface area contributed by atoms with Crippen LogP contribution in [0.15, 0.2) is 47.4 Å². The van der Waals surface area contributed by atoms with Crippen LogP contribution in [-0.2, 0) is 10.0 Å². The number of hydrogen-bond acceptors (Lipinski definition) is 3. The Balaban J connectivity index is 2.44. The Morgan fingerprint density at radius 1 is 1.19 bits per heavy atom. The summed E-state index contributed by atoms with van der Waals surface area (Å²) in [5.41, 5.74) is 6.05. The van der Waals surface area contributed by atoms with Crippen molar-refractivity contribution in [1.29, 1.82) is 0 Å². The number of amides is 1. The zero-order valence-corrected chi connectivity index (χ0v) is 12.7. The number of halogens is 1. The van der Waals surface area contributed by atoms with Crippen LogP contribution in [0.4, 0.5) is 5.69 Å². The third kappa shape index (κ3) is 3.34. The number of benzene rings is 2. The molecule has 0 aliphatic rings. The van der Waals surface area contributed by atoms with Crippen LogP contribution >= 0.6 is 11.6 Å². The number of sulfonamides is 1. The molecule has 2 rings (SSSR count). The molecule has 3 N–H and O–H groups in total. The van der Waals surface area contributed by atoms with E-state index in [0.29, 0.717) is 5.56 Å². The zero-order chi connectivity index (χ0) is 15.6. The van der Waals surface area contributed by atoms with Gasteiger partial charge in [0.15, 0.2) is 0 Å². The van der Waals surface area contributed by atoms with Gasteiger partial charge in [0, 0.05) is 5.56 Å². The van der Waals surface area contributed by atoms with Gasteiger partial charge in [-0.05, 0) is 36.8 Å². The second-order valence-corrected chi connectivity index (χ2v) is 6.49. The van der Waals surface area contributed by atoms with Crippen LogP contribution in [0, 0.1) is 6.92 Å². The van der Waals surface area contributed by atoms with Gasteiger partial charge in [-0.3, -0.25) is 9.52 Å². The molecule has 0 aliphatic heterocycles. The second kappa shape index (κ2) is 5.75. The first-order valence-corrected chi connectivity index (χ1v) is 7.85. The van der Waals surface area contributed by atoms with E-state index in [1.54, 1.807) is 25.1 Å². The summed E-state index contributed by atoms with van der Waals surface area (Å²) >= 11 is 5.96. The number of anilines is 1. The first-order valence-electron chi connectivity index (χ1n) is 5.99. The number of nitrogens with two attached hydrogens (primary N) is 1. The van der Waals surface area contributed by atoms with Crippen LogP contribution in [0.3, 0.4) is 0 Å². The molecule has 0 heterocycles. The fourth-order valence-electron chi connectivity index (χ4n) is 1.81. The summed E-state index contributed by atoms with van der Waals surface area (Å²) in [7, 11) is -3.80. The summed E-state index contributed by atoms with van der Waals surface area (Å²) in [5, 5.41) is 0.178. The second-order valence-electron chi connectivity index (χ2n) is 4.43. The van der Waals surface area contributed by atoms with E-state index in [-0.39, 0.29) is 21.2 Å². The summed E-state index contributed by atoms with van der Waals surface area (Å²) in [5.74, 6) is -0.664. The van der Waals surface area contributed by atoms with Gasteiger partial charge >= 0.3 is 0 Å². The van der Waals surface area contributed by atoms with Gasteiger partial charge in [-0.2, -0.15) is 0 Å². The molecular weight excluding hydrogens is 312 g/mol. The molecule has 2 aromatic carbocycles. The Morgan fingerprint density at radius 2 is 1.86 bits per heavy atom. The molecule has 0 unspecified atom stereocenters. The van der Waals surface area contributed by atoms with E-state index >= 15 is 0 Å². The quantitative estimate of drug-likeness (QED) is 0.905. The third-order valence-corrected chi connectivity index (χ3v) is 4.73. The minimum Gasteiger partial charge on any atom is -0.366 e. The fourth-order valence-corrected chi connectivity index (χ4v) is 3.35. The number of carbonyl (C=O) groups is 1. The van der Waals surface area contributed by atoms with E-state index in [2.05, 4.69) is 4.72 Å². The maximum absolute atomic E-state index is 12.4. The molecule has 5 nitrogen and oxygen atoms in total. The van der Waals surface area contributed by atoms with E-state index in [1.165, 1.54) is 24.3 Å². The summed E-state index contributed by atoms with van der Waals surface area (Å²) in [4.78, 5) is 11.3. The molecule has 0 spiro atoms. The van der Waals surface area contributed by atoms with E-state index in [4.69, 9.17) is 17.3 Å². The molecule has 2 aromatic rings. The summed E-state index contributed by atoms with van der Waals surface area (Å²) in [6.45, 7) is 1.69. The van der Waals surface area contributed by atoms with Crippen molar-refractivity contribution in [2.24, 2.45) is 5.73 Å². The highest BCUT2D eigenvalue weighted by atomic mass is 35.5. The Labute approximate surface area is 127 Å². The molecule has 0 atom stereocenters. The number of nitrogens with one attached hydrogen (secondary N) is 1. The van der Waals surface area contributed by atoms with Crippen LogP contribution in [0.25, 0.3) is 0 Å². The van der Waals surface area contributed by atoms with Crippen molar-refractivity contribution in [3.05, 3.63) is 58.6 Å². The highest BCUT2D eigenvalue weighted by Crippen LogP contribution is 2.26. The maximum Gasteiger partial charge on any atom is 0.262 e. The SMILES string of the molecule is Cc1ccccc1S(=O)(=O)Nc1cc(C(N)=O)ccc1Cl. The molecule has 1 amide bonds. The highest BCUT2D eigenvalue weighted by molar-refractivity contribution is 7.92. The number of aryl methyl sites for hydroxylation is 1. The van der Waals surface area contributed by atoms with Gasteiger partial charge in [0.25, 0.3) is 10.0 Å².